The zero-order valence-electron chi connectivity index (χ0n) is 17.5. The van der Waals surface area contributed by atoms with E-state index in [4.69, 9.17) is 28.8 Å². The van der Waals surface area contributed by atoms with Gasteiger partial charge < -0.3 is 64.5 Å². The van der Waals surface area contributed by atoms with Crippen molar-refractivity contribution in [2.24, 2.45) is 0 Å². The van der Waals surface area contributed by atoms with Gasteiger partial charge in [0.25, 0.3) is 0 Å². The highest BCUT2D eigenvalue weighted by Gasteiger charge is 2.52. The number of ether oxygens (including phenoxy) is 5. The van der Waals surface area contributed by atoms with Gasteiger partial charge in [-0.25, -0.2) is 0 Å². The van der Waals surface area contributed by atoms with Crippen molar-refractivity contribution in [3.63, 3.8) is 0 Å². The largest absolute Gasteiger partial charge is 0.396 e. The van der Waals surface area contributed by atoms with Gasteiger partial charge in [-0.05, 0) is 6.42 Å². The molecule has 188 valence electrons. The molecule has 0 spiro atoms. The molecule has 3 heterocycles. The third-order valence-electron chi connectivity index (χ3n) is 6.06. The summed E-state index contributed by atoms with van der Waals surface area (Å²) in [5, 5.41) is 78.7. The molecular formula is C19H34O13. The molecular weight excluding hydrogens is 436 g/mol. The first-order valence-electron chi connectivity index (χ1n) is 10.7. The zero-order valence-corrected chi connectivity index (χ0v) is 17.5. The molecule has 0 radical (unpaired) electrons. The van der Waals surface area contributed by atoms with Crippen LogP contribution >= 0.6 is 0 Å². The van der Waals surface area contributed by atoms with Crippen molar-refractivity contribution >= 4 is 0 Å². The average molecular weight is 470 g/mol. The minimum atomic E-state index is -1.81. The molecule has 0 aromatic carbocycles. The Morgan fingerprint density at radius 1 is 0.812 bits per heavy atom. The molecule has 0 saturated carbocycles. The summed E-state index contributed by atoms with van der Waals surface area (Å²) in [6.45, 7) is -1.69. The quantitative estimate of drug-likeness (QED) is 0.161. The van der Waals surface area contributed by atoms with Crippen LogP contribution in [0.4, 0.5) is 0 Å². The molecule has 11 atom stereocenters. The van der Waals surface area contributed by atoms with E-state index < -0.39 is 80.4 Å². The fourth-order valence-corrected chi connectivity index (χ4v) is 4.17. The molecule has 0 amide bonds. The first kappa shape index (κ1) is 26.1. The van der Waals surface area contributed by atoms with E-state index in [-0.39, 0.29) is 38.9 Å². The molecule has 3 saturated heterocycles. The van der Waals surface area contributed by atoms with E-state index in [0.29, 0.717) is 0 Å². The Bertz CT molecular complexity index is 581. The van der Waals surface area contributed by atoms with E-state index in [1.54, 1.807) is 0 Å². The van der Waals surface area contributed by atoms with Crippen LogP contribution in [0.3, 0.4) is 0 Å². The summed E-state index contributed by atoms with van der Waals surface area (Å²) < 4.78 is 27.9. The monoisotopic (exact) mass is 470 g/mol. The molecule has 32 heavy (non-hydrogen) atoms. The van der Waals surface area contributed by atoms with Crippen molar-refractivity contribution in [1.29, 1.82) is 0 Å². The van der Waals surface area contributed by atoms with E-state index in [1.165, 1.54) is 0 Å². The summed E-state index contributed by atoms with van der Waals surface area (Å²) in [6, 6.07) is 0. The maximum Gasteiger partial charge on any atom is 0.221 e. The van der Waals surface area contributed by atoms with Crippen LogP contribution in [0.25, 0.3) is 0 Å². The fourth-order valence-electron chi connectivity index (χ4n) is 4.17. The predicted molar refractivity (Wildman–Crippen MR) is 102 cm³/mol. The second-order valence-electron chi connectivity index (χ2n) is 8.40. The number of aliphatic hydroxyl groups excluding tert-OH is 8. The van der Waals surface area contributed by atoms with Gasteiger partial charge in [0.2, 0.25) is 5.79 Å². The second-order valence-corrected chi connectivity index (χ2v) is 8.40. The van der Waals surface area contributed by atoms with Crippen LogP contribution in [-0.4, -0.2) is 134 Å². The molecule has 3 rings (SSSR count). The van der Waals surface area contributed by atoms with Crippen molar-refractivity contribution in [1.82, 2.24) is 0 Å². The van der Waals surface area contributed by atoms with Gasteiger partial charge in [0.1, 0.15) is 30.5 Å². The van der Waals surface area contributed by atoms with Gasteiger partial charge in [-0.3, -0.25) is 0 Å². The highest BCUT2D eigenvalue weighted by atomic mass is 16.8. The average Bonchev–Trinajstić information content (AvgIpc) is 3.07. The standard InChI is InChI=1S/C19H34O13/c20-2-1-9-3-14(25)19(8-22,31-9)32-16-5-11(24)18(27)13(30-16)7-28-15-4-10(23)17(26)12(6-21)29-15/h9-18,20-27H,1-8H2/t9?,10?,11?,12?,13-,14-,15+,16+,17-,18+,19+/m1/s1. The van der Waals surface area contributed by atoms with Gasteiger partial charge in [-0.2, -0.15) is 0 Å². The van der Waals surface area contributed by atoms with Crippen molar-refractivity contribution in [3.05, 3.63) is 0 Å². The van der Waals surface area contributed by atoms with Crippen LogP contribution < -0.4 is 0 Å². The van der Waals surface area contributed by atoms with Gasteiger partial charge in [0.05, 0.1) is 38.1 Å². The summed E-state index contributed by atoms with van der Waals surface area (Å²) in [5.41, 5.74) is 0. The molecule has 3 aliphatic heterocycles. The SMILES string of the molecule is OCCC1C[C@@H](O)[C@](CO)(O[C@H]2CC(O)[C@H](O)[C@@H](CO[C@@H]3CC(O)[C@@H](O)C(CO)O3)O2)O1. The summed E-state index contributed by atoms with van der Waals surface area (Å²) in [6.07, 6.45) is -11.0. The van der Waals surface area contributed by atoms with Gasteiger partial charge in [0, 0.05) is 25.9 Å². The molecule has 13 heteroatoms. The van der Waals surface area contributed by atoms with Gasteiger partial charge in [0.15, 0.2) is 12.6 Å². The van der Waals surface area contributed by atoms with Crippen LogP contribution in [0.1, 0.15) is 25.7 Å². The Balaban J connectivity index is 1.59. The molecule has 4 unspecified atom stereocenters. The topological polar surface area (TPSA) is 208 Å². The van der Waals surface area contributed by atoms with Crippen molar-refractivity contribution < 1.29 is 64.5 Å². The number of hydrogen-bond acceptors (Lipinski definition) is 13. The van der Waals surface area contributed by atoms with E-state index in [9.17, 15) is 35.7 Å². The summed E-state index contributed by atoms with van der Waals surface area (Å²) in [5.74, 6) is -1.81. The van der Waals surface area contributed by atoms with E-state index >= 15 is 0 Å². The summed E-state index contributed by atoms with van der Waals surface area (Å²) in [4.78, 5) is 0. The van der Waals surface area contributed by atoms with Crippen LogP contribution in [0, 0.1) is 0 Å². The lowest BCUT2D eigenvalue weighted by Crippen LogP contribution is -2.56. The Morgan fingerprint density at radius 2 is 1.44 bits per heavy atom. The predicted octanol–water partition coefficient (Wildman–Crippen LogP) is -4.09. The lowest BCUT2D eigenvalue weighted by Gasteiger charge is -2.42. The van der Waals surface area contributed by atoms with Crippen LogP contribution in [-0.2, 0) is 23.7 Å². The minimum Gasteiger partial charge on any atom is -0.396 e. The highest BCUT2D eigenvalue weighted by Crippen LogP contribution is 2.36. The molecule has 0 aromatic heterocycles. The van der Waals surface area contributed by atoms with Gasteiger partial charge >= 0.3 is 0 Å². The second kappa shape index (κ2) is 11.3. The van der Waals surface area contributed by atoms with Crippen molar-refractivity contribution in [2.45, 2.75) is 92.9 Å². The van der Waals surface area contributed by atoms with Crippen LogP contribution in [0.2, 0.25) is 0 Å². The maximum atomic E-state index is 10.4. The minimum absolute atomic E-state index is 0.0805. The van der Waals surface area contributed by atoms with Crippen molar-refractivity contribution in [2.75, 3.05) is 26.4 Å². The fraction of sp³-hybridized carbons (Fsp3) is 1.00. The lowest BCUT2D eigenvalue weighted by molar-refractivity contribution is -0.365. The maximum absolute atomic E-state index is 10.4. The van der Waals surface area contributed by atoms with Crippen molar-refractivity contribution in [3.8, 4) is 0 Å². The number of hydrogen-bond donors (Lipinski definition) is 8. The highest BCUT2D eigenvalue weighted by molar-refractivity contribution is 4.91. The van der Waals surface area contributed by atoms with E-state index in [0.717, 1.165) is 0 Å². The molecule has 0 aromatic rings. The lowest BCUT2D eigenvalue weighted by atomic mass is 10.0. The Labute approximate surface area is 184 Å². The Hall–Kier alpha value is -0.520. The molecule has 0 bridgehead atoms. The summed E-state index contributed by atoms with van der Waals surface area (Å²) >= 11 is 0. The third kappa shape index (κ3) is 5.75. The number of aliphatic hydroxyl groups is 8. The zero-order chi connectivity index (χ0) is 23.5. The normalized spacial score (nSPS) is 47.6. The molecule has 0 aliphatic carbocycles. The number of rotatable bonds is 9. The smallest absolute Gasteiger partial charge is 0.221 e. The van der Waals surface area contributed by atoms with E-state index in [1.807, 2.05) is 0 Å². The summed E-state index contributed by atoms with van der Waals surface area (Å²) in [7, 11) is 0. The third-order valence-corrected chi connectivity index (χ3v) is 6.06. The van der Waals surface area contributed by atoms with E-state index in [2.05, 4.69) is 0 Å². The molecule has 3 fully saturated rings. The van der Waals surface area contributed by atoms with Crippen LogP contribution in [0.15, 0.2) is 0 Å². The molecule has 3 aliphatic rings. The molecule has 8 N–H and O–H groups in total. The first-order chi connectivity index (χ1) is 15.2. The van der Waals surface area contributed by atoms with Gasteiger partial charge in [-0.15, -0.1) is 0 Å². The first-order valence-corrected chi connectivity index (χ1v) is 10.7. The Kier molecular flexibility index (Phi) is 9.19. The van der Waals surface area contributed by atoms with Gasteiger partial charge in [-0.1, -0.05) is 0 Å². The van der Waals surface area contributed by atoms with Crippen LogP contribution in [0.5, 0.6) is 0 Å². The molecule has 13 nitrogen and oxygen atoms in total. The Morgan fingerprint density at radius 3 is 2.06 bits per heavy atom.